The van der Waals surface area contributed by atoms with E-state index >= 15 is 0 Å². The highest BCUT2D eigenvalue weighted by Crippen LogP contribution is 2.48. The van der Waals surface area contributed by atoms with E-state index in [1.54, 1.807) is 24.7 Å². The Labute approximate surface area is 176 Å². The zero-order chi connectivity index (χ0) is 20.6. The van der Waals surface area contributed by atoms with Gasteiger partial charge >= 0.3 is 6.01 Å². The topological polar surface area (TPSA) is 76.3 Å². The number of hydrogen-bond donors (Lipinski definition) is 1. The number of aryl methyl sites for hydroxylation is 1. The Morgan fingerprint density at radius 2 is 1.73 bits per heavy atom. The minimum Gasteiger partial charge on any atom is -0.424 e. The number of aliphatic hydroxyl groups is 1. The summed E-state index contributed by atoms with van der Waals surface area (Å²) in [6, 6.07) is 10.2. The molecule has 30 heavy (non-hydrogen) atoms. The molecule has 1 saturated heterocycles. The lowest BCUT2D eigenvalue weighted by Gasteiger charge is -2.52. The molecule has 1 aliphatic heterocycles. The van der Waals surface area contributed by atoms with Gasteiger partial charge in [-0.2, -0.15) is 0 Å². The van der Waals surface area contributed by atoms with E-state index in [4.69, 9.17) is 4.74 Å². The summed E-state index contributed by atoms with van der Waals surface area (Å²) >= 11 is 0. The molecule has 0 spiro atoms. The van der Waals surface area contributed by atoms with Crippen LogP contribution in [-0.4, -0.2) is 42.6 Å². The first kappa shape index (κ1) is 19.2. The van der Waals surface area contributed by atoms with Crippen LogP contribution in [0.3, 0.4) is 0 Å². The molecule has 7 nitrogen and oxygen atoms in total. The van der Waals surface area contributed by atoms with Crippen LogP contribution in [0.4, 0.5) is 0 Å². The summed E-state index contributed by atoms with van der Waals surface area (Å²) in [5.41, 5.74) is 0.414. The van der Waals surface area contributed by atoms with E-state index in [2.05, 4.69) is 32.0 Å². The van der Waals surface area contributed by atoms with Crippen LogP contribution in [0.25, 0.3) is 0 Å². The highest BCUT2D eigenvalue weighted by molar-refractivity contribution is 5.29. The summed E-state index contributed by atoms with van der Waals surface area (Å²) in [5.74, 6) is 1.97. The Morgan fingerprint density at radius 3 is 2.37 bits per heavy atom. The monoisotopic (exact) mass is 405 g/mol. The predicted octanol–water partition coefficient (Wildman–Crippen LogP) is 3.12. The number of piperidine rings is 1. The number of ether oxygens (including phenoxy) is 1. The fourth-order valence-corrected chi connectivity index (χ4v) is 5.15. The molecule has 2 fully saturated rings. The van der Waals surface area contributed by atoms with E-state index in [0.29, 0.717) is 6.01 Å². The molecule has 5 rings (SSSR count). The van der Waals surface area contributed by atoms with Gasteiger partial charge in [-0.05, 0) is 36.6 Å². The molecule has 3 heterocycles. The molecular weight excluding hydrogens is 378 g/mol. The van der Waals surface area contributed by atoms with Crippen molar-refractivity contribution in [2.45, 2.75) is 31.4 Å². The van der Waals surface area contributed by atoms with E-state index < -0.39 is 5.60 Å². The summed E-state index contributed by atoms with van der Waals surface area (Å²) in [7, 11) is 1.98. The molecule has 1 aliphatic carbocycles. The lowest BCUT2D eigenvalue weighted by Crippen LogP contribution is -2.58. The van der Waals surface area contributed by atoms with Crippen LogP contribution in [0.5, 0.6) is 11.8 Å². The minimum atomic E-state index is -0.819. The van der Waals surface area contributed by atoms with E-state index in [1.807, 2.05) is 29.9 Å². The number of imidazole rings is 1. The average molecular weight is 406 g/mol. The van der Waals surface area contributed by atoms with E-state index in [-0.39, 0.29) is 11.8 Å². The normalized spacial score (nSPS) is 26.5. The van der Waals surface area contributed by atoms with Crippen molar-refractivity contribution in [1.29, 1.82) is 0 Å². The fourth-order valence-electron chi connectivity index (χ4n) is 5.15. The fraction of sp³-hybridized carbons (Fsp3) is 0.435. The molecule has 1 aromatic carbocycles. The average Bonchev–Trinajstić information content (AvgIpc) is 3.18. The Morgan fingerprint density at radius 1 is 1.03 bits per heavy atom. The maximum absolute atomic E-state index is 11.7. The summed E-state index contributed by atoms with van der Waals surface area (Å²) in [4.78, 5) is 15.2. The molecule has 2 aromatic heterocycles. The first-order chi connectivity index (χ1) is 14.6. The zero-order valence-electron chi connectivity index (χ0n) is 17.2. The molecule has 156 valence electrons. The third-order valence-corrected chi connectivity index (χ3v) is 6.57. The molecular formula is C23H27N5O2. The molecule has 1 saturated carbocycles. The van der Waals surface area contributed by atoms with Gasteiger partial charge in [0, 0.05) is 63.3 Å². The highest BCUT2D eigenvalue weighted by atomic mass is 16.5. The Balaban J connectivity index is 1.28. The summed E-state index contributed by atoms with van der Waals surface area (Å²) in [6.07, 6.45) is 10.3. The van der Waals surface area contributed by atoms with Crippen LogP contribution >= 0.6 is 0 Å². The summed E-state index contributed by atoms with van der Waals surface area (Å²) in [5, 5.41) is 11.7. The number of likely N-dealkylation sites (tertiary alicyclic amines) is 1. The third kappa shape index (κ3) is 3.48. The highest BCUT2D eigenvalue weighted by Gasteiger charge is 2.53. The van der Waals surface area contributed by atoms with Crippen molar-refractivity contribution in [3.8, 4) is 11.8 Å². The third-order valence-electron chi connectivity index (χ3n) is 6.57. The standard InChI is InChI=1S/C23H27N5O2/c1-27-13-12-24-21(27)23(29)18-4-2-5-19(23)16-28(15-18)14-17-6-8-20(9-7-17)30-22-25-10-3-11-26-22/h3,6-13,18-19,29H,2,4-5,14-16H2,1H3/t18-,19-/m1/s1. The van der Waals surface area contributed by atoms with Crippen molar-refractivity contribution < 1.29 is 9.84 Å². The van der Waals surface area contributed by atoms with E-state index in [0.717, 1.165) is 44.0 Å². The van der Waals surface area contributed by atoms with Gasteiger partial charge in [0.2, 0.25) is 0 Å². The van der Waals surface area contributed by atoms with Gasteiger partial charge in [-0.3, -0.25) is 4.90 Å². The second kappa shape index (κ2) is 7.81. The molecule has 3 aromatic rings. The molecule has 0 amide bonds. The second-order valence-electron chi connectivity index (χ2n) is 8.48. The van der Waals surface area contributed by atoms with Crippen molar-refractivity contribution in [3.63, 3.8) is 0 Å². The number of aromatic nitrogens is 4. The molecule has 0 radical (unpaired) electrons. The maximum atomic E-state index is 11.7. The van der Waals surface area contributed by atoms with Crippen LogP contribution in [0.1, 0.15) is 30.7 Å². The molecule has 0 unspecified atom stereocenters. The van der Waals surface area contributed by atoms with Gasteiger partial charge in [0.15, 0.2) is 0 Å². The SMILES string of the molecule is Cn1ccnc1C1(O)[C@@H]2CCC[C@@H]1CN(Cc1ccc(Oc3ncccn3)cc1)C2. The Hall–Kier alpha value is -2.77. The smallest absolute Gasteiger partial charge is 0.321 e. The van der Waals surface area contributed by atoms with Gasteiger partial charge in [0.25, 0.3) is 0 Å². The molecule has 2 aliphatic rings. The van der Waals surface area contributed by atoms with Crippen molar-refractivity contribution in [2.24, 2.45) is 18.9 Å². The van der Waals surface area contributed by atoms with Gasteiger partial charge < -0.3 is 14.4 Å². The van der Waals surface area contributed by atoms with Gasteiger partial charge in [-0.25, -0.2) is 15.0 Å². The molecule has 7 heteroatoms. The van der Waals surface area contributed by atoms with Crippen molar-refractivity contribution >= 4 is 0 Å². The number of rotatable bonds is 5. The summed E-state index contributed by atoms with van der Waals surface area (Å²) < 4.78 is 7.67. The van der Waals surface area contributed by atoms with Crippen LogP contribution in [0, 0.1) is 11.8 Å². The van der Waals surface area contributed by atoms with Crippen LogP contribution < -0.4 is 4.74 Å². The van der Waals surface area contributed by atoms with Crippen molar-refractivity contribution in [2.75, 3.05) is 13.1 Å². The molecule has 1 N–H and O–H groups in total. The maximum Gasteiger partial charge on any atom is 0.321 e. The lowest BCUT2D eigenvalue weighted by atomic mass is 9.65. The van der Waals surface area contributed by atoms with E-state index in [1.165, 1.54) is 12.0 Å². The first-order valence-corrected chi connectivity index (χ1v) is 10.6. The largest absolute Gasteiger partial charge is 0.424 e. The van der Waals surface area contributed by atoms with E-state index in [9.17, 15) is 5.11 Å². The van der Waals surface area contributed by atoms with Crippen molar-refractivity contribution in [3.05, 3.63) is 66.5 Å². The Bertz CT molecular complexity index is 974. The van der Waals surface area contributed by atoms with Gasteiger partial charge in [0.05, 0.1) is 0 Å². The van der Waals surface area contributed by atoms with Gasteiger partial charge in [0.1, 0.15) is 17.2 Å². The zero-order valence-corrected chi connectivity index (χ0v) is 17.2. The summed E-state index contributed by atoms with van der Waals surface area (Å²) in [6.45, 7) is 2.64. The Kier molecular flexibility index (Phi) is 5.00. The number of hydrogen-bond acceptors (Lipinski definition) is 6. The van der Waals surface area contributed by atoms with Crippen LogP contribution in [0.15, 0.2) is 55.1 Å². The number of benzene rings is 1. The van der Waals surface area contributed by atoms with Gasteiger partial charge in [-0.1, -0.05) is 18.6 Å². The molecule has 2 bridgehead atoms. The number of fused-ring (bicyclic) bond motifs is 2. The minimum absolute atomic E-state index is 0.212. The van der Waals surface area contributed by atoms with Crippen LogP contribution in [-0.2, 0) is 19.2 Å². The molecule has 2 atom stereocenters. The van der Waals surface area contributed by atoms with Crippen molar-refractivity contribution in [1.82, 2.24) is 24.4 Å². The second-order valence-corrected chi connectivity index (χ2v) is 8.48. The van der Waals surface area contributed by atoms with Gasteiger partial charge in [-0.15, -0.1) is 0 Å². The predicted molar refractivity (Wildman–Crippen MR) is 112 cm³/mol. The number of nitrogens with zero attached hydrogens (tertiary/aromatic N) is 5. The quantitative estimate of drug-likeness (QED) is 0.703. The first-order valence-electron chi connectivity index (χ1n) is 10.6. The lowest BCUT2D eigenvalue weighted by molar-refractivity contribution is -0.155. The van der Waals surface area contributed by atoms with Crippen LogP contribution in [0.2, 0.25) is 0 Å².